The van der Waals surface area contributed by atoms with Gasteiger partial charge in [0.25, 0.3) is 0 Å². The summed E-state index contributed by atoms with van der Waals surface area (Å²) in [5.41, 5.74) is 13.2. The highest BCUT2D eigenvalue weighted by atomic mass is 16.3. The van der Waals surface area contributed by atoms with Crippen molar-refractivity contribution in [1.82, 2.24) is 9.97 Å². The van der Waals surface area contributed by atoms with Crippen LogP contribution in [0.3, 0.4) is 0 Å². The molecule has 0 bridgehead atoms. The zero-order valence-corrected chi connectivity index (χ0v) is 27.7. The molecule has 0 atom stereocenters. The van der Waals surface area contributed by atoms with Gasteiger partial charge >= 0.3 is 0 Å². The first-order valence-electron chi connectivity index (χ1n) is 17.2. The number of nitrogens with zero attached hydrogens (tertiary/aromatic N) is 2. The summed E-state index contributed by atoms with van der Waals surface area (Å²) < 4.78 is 6.57. The van der Waals surface area contributed by atoms with Crippen molar-refractivity contribution in [3.8, 4) is 33.5 Å². The summed E-state index contributed by atoms with van der Waals surface area (Å²) in [5.74, 6) is 0. The van der Waals surface area contributed by atoms with E-state index in [0.29, 0.717) is 0 Å². The molecule has 3 heteroatoms. The molecular formula is C47H30N2O. The van der Waals surface area contributed by atoms with Crippen LogP contribution in [0.5, 0.6) is 0 Å². The van der Waals surface area contributed by atoms with Gasteiger partial charge in [-0.05, 0) is 79.7 Å². The van der Waals surface area contributed by atoms with Gasteiger partial charge in [-0.1, -0.05) is 123 Å². The Kier molecular flexibility index (Phi) is 5.45. The van der Waals surface area contributed by atoms with Crippen molar-refractivity contribution in [2.75, 3.05) is 0 Å². The summed E-state index contributed by atoms with van der Waals surface area (Å²) in [4.78, 5) is 10.0. The second kappa shape index (κ2) is 9.87. The Morgan fingerprint density at radius 3 is 2.14 bits per heavy atom. The molecule has 234 valence electrons. The minimum absolute atomic E-state index is 0.234. The highest BCUT2D eigenvalue weighted by molar-refractivity contribution is 6.18. The number of aromatic nitrogens is 2. The van der Waals surface area contributed by atoms with Crippen LogP contribution >= 0.6 is 0 Å². The molecule has 0 aliphatic heterocycles. The Hall–Kier alpha value is -6.32. The van der Waals surface area contributed by atoms with Crippen LogP contribution in [0.4, 0.5) is 0 Å². The van der Waals surface area contributed by atoms with E-state index in [-0.39, 0.29) is 5.41 Å². The summed E-state index contributed by atoms with van der Waals surface area (Å²) >= 11 is 0. The van der Waals surface area contributed by atoms with E-state index < -0.39 is 0 Å². The summed E-state index contributed by atoms with van der Waals surface area (Å²) in [6.45, 7) is 4.68. The summed E-state index contributed by atoms with van der Waals surface area (Å²) in [5, 5.41) is 9.40. The Bertz CT molecular complexity index is 3080. The van der Waals surface area contributed by atoms with E-state index in [1.807, 2.05) is 18.3 Å². The SMILES string of the molecule is CC1(C)c2cc(-c3ccc(-c4ccc5ccc6cccnc6c5n4)c4c3ccc3ccccc34)ccc2-c2ccc3c(oc4ccccc43)c21. The molecular weight excluding hydrogens is 609 g/mol. The molecule has 0 saturated carbocycles. The lowest BCUT2D eigenvalue weighted by Crippen LogP contribution is -2.15. The quantitative estimate of drug-likeness (QED) is 0.177. The molecule has 3 aromatic heterocycles. The standard InChI is InChI=1S/C47H30N2O/c1-47(2)39-26-30(16-18-33(39)36-21-22-37-34-11-5-6-12-41(34)50-46(37)43(36)47)31-20-23-38(42-32-10-4-3-8-27(32)15-19-35(31)42)40-24-17-29-14-13-28-9-7-25-48-44(28)45(29)49-40/h3-26H,1-2H3. The number of fused-ring (bicyclic) bond motifs is 13. The van der Waals surface area contributed by atoms with Crippen molar-refractivity contribution < 1.29 is 4.42 Å². The first-order valence-corrected chi connectivity index (χ1v) is 17.2. The van der Waals surface area contributed by atoms with Crippen molar-refractivity contribution in [1.29, 1.82) is 0 Å². The lowest BCUT2D eigenvalue weighted by Gasteiger charge is -2.22. The van der Waals surface area contributed by atoms with Crippen molar-refractivity contribution >= 4 is 65.3 Å². The van der Waals surface area contributed by atoms with Crippen molar-refractivity contribution in [2.24, 2.45) is 0 Å². The van der Waals surface area contributed by atoms with Crippen LogP contribution in [0, 0.1) is 0 Å². The average molecular weight is 639 g/mol. The fourth-order valence-corrected chi connectivity index (χ4v) is 8.70. The molecule has 10 aromatic rings. The van der Waals surface area contributed by atoms with E-state index in [1.165, 1.54) is 65.7 Å². The summed E-state index contributed by atoms with van der Waals surface area (Å²) in [6, 6.07) is 50.4. The fraction of sp³-hybridized carbons (Fsp3) is 0.0638. The summed E-state index contributed by atoms with van der Waals surface area (Å²) in [7, 11) is 0. The lowest BCUT2D eigenvalue weighted by atomic mass is 9.80. The number of pyridine rings is 2. The monoisotopic (exact) mass is 638 g/mol. The third-order valence-corrected chi connectivity index (χ3v) is 11.1. The van der Waals surface area contributed by atoms with Gasteiger partial charge in [0.2, 0.25) is 0 Å². The minimum atomic E-state index is -0.234. The third-order valence-electron chi connectivity index (χ3n) is 11.1. The molecule has 1 aliphatic rings. The van der Waals surface area contributed by atoms with E-state index in [0.717, 1.165) is 44.2 Å². The molecule has 1 aliphatic carbocycles. The second-order valence-electron chi connectivity index (χ2n) is 14.1. The maximum absolute atomic E-state index is 6.57. The second-order valence-corrected chi connectivity index (χ2v) is 14.1. The topological polar surface area (TPSA) is 38.9 Å². The molecule has 0 radical (unpaired) electrons. The van der Waals surface area contributed by atoms with Crippen LogP contribution in [0.15, 0.2) is 150 Å². The first-order chi connectivity index (χ1) is 24.5. The molecule has 7 aromatic carbocycles. The molecule has 11 rings (SSSR count). The Morgan fingerprint density at radius 1 is 0.520 bits per heavy atom. The molecule has 0 unspecified atom stereocenters. The average Bonchev–Trinajstić information content (AvgIpc) is 3.65. The Labute approximate surface area is 288 Å². The van der Waals surface area contributed by atoms with Crippen LogP contribution in [-0.4, -0.2) is 9.97 Å². The van der Waals surface area contributed by atoms with E-state index in [4.69, 9.17) is 14.4 Å². The molecule has 0 fully saturated rings. The molecule has 0 amide bonds. The highest BCUT2D eigenvalue weighted by Crippen LogP contribution is 2.53. The lowest BCUT2D eigenvalue weighted by molar-refractivity contribution is 0.620. The smallest absolute Gasteiger partial charge is 0.140 e. The third kappa shape index (κ3) is 3.69. The predicted octanol–water partition coefficient (Wildman–Crippen LogP) is 12.6. The van der Waals surface area contributed by atoms with Crippen LogP contribution in [0.1, 0.15) is 25.0 Å². The van der Waals surface area contributed by atoms with Gasteiger partial charge in [0.05, 0.1) is 16.7 Å². The zero-order valence-electron chi connectivity index (χ0n) is 27.7. The number of benzene rings is 7. The van der Waals surface area contributed by atoms with Crippen LogP contribution < -0.4 is 0 Å². The largest absolute Gasteiger partial charge is 0.456 e. The fourth-order valence-electron chi connectivity index (χ4n) is 8.70. The van der Waals surface area contributed by atoms with Gasteiger partial charge in [0, 0.05) is 44.3 Å². The predicted molar refractivity (Wildman–Crippen MR) is 208 cm³/mol. The number of rotatable bonds is 2. The number of hydrogen-bond donors (Lipinski definition) is 0. The Morgan fingerprint density at radius 2 is 1.22 bits per heavy atom. The zero-order chi connectivity index (χ0) is 33.1. The van der Waals surface area contributed by atoms with Gasteiger partial charge < -0.3 is 4.42 Å². The van der Waals surface area contributed by atoms with Gasteiger partial charge in [-0.15, -0.1) is 0 Å². The van der Waals surface area contributed by atoms with Crippen molar-refractivity contribution in [3.05, 3.63) is 157 Å². The van der Waals surface area contributed by atoms with Crippen molar-refractivity contribution in [2.45, 2.75) is 19.3 Å². The van der Waals surface area contributed by atoms with E-state index >= 15 is 0 Å². The molecule has 50 heavy (non-hydrogen) atoms. The molecule has 3 heterocycles. The first kappa shape index (κ1) is 27.6. The van der Waals surface area contributed by atoms with Crippen LogP contribution in [0.2, 0.25) is 0 Å². The van der Waals surface area contributed by atoms with Gasteiger partial charge in [0.15, 0.2) is 0 Å². The molecule has 3 nitrogen and oxygen atoms in total. The summed E-state index contributed by atoms with van der Waals surface area (Å²) in [6.07, 6.45) is 1.85. The Balaban J connectivity index is 1.13. The number of furan rings is 1. The maximum atomic E-state index is 6.57. The van der Waals surface area contributed by atoms with Gasteiger partial charge in [0.1, 0.15) is 11.2 Å². The van der Waals surface area contributed by atoms with E-state index in [2.05, 4.69) is 141 Å². The van der Waals surface area contributed by atoms with Gasteiger partial charge in [-0.3, -0.25) is 4.98 Å². The van der Waals surface area contributed by atoms with Crippen LogP contribution in [0.25, 0.3) is 98.8 Å². The van der Waals surface area contributed by atoms with Crippen molar-refractivity contribution in [3.63, 3.8) is 0 Å². The van der Waals surface area contributed by atoms with Crippen LogP contribution in [-0.2, 0) is 5.41 Å². The number of hydrogen-bond acceptors (Lipinski definition) is 3. The molecule has 0 N–H and O–H groups in total. The van der Waals surface area contributed by atoms with Gasteiger partial charge in [-0.2, -0.15) is 0 Å². The molecule has 0 saturated heterocycles. The molecule has 0 spiro atoms. The maximum Gasteiger partial charge on any atom is 0.140 e. The van der Waals surface area contributed by atoms with Gasteiger partial charge in [-0.25, -0.2) is 4.98 Å². The highest BCUT2D eigenvalue weighted by Gasteiger charge is 2.39. The minimum Gasteiger partial charge on any atom is -0.456 e. The van der Waals surface area contributed by atoms with E-state index in [1.54, 1.807) is 0 Å². The number of para-hydroxylation sites is 1. The van der Waals surface area contributed by atoms with E-state index in [9.17, 15) is 0 Å². The normalized spacial score (nSPS) is 13.6.